The van der Waals surface area contributed by atoms with Crippen molar-refractivity contribution in [1.82, 2.24) is 10.2 Å². The molecule has 2 rings (SSSR count). The fourth-order valence-electron chi connectivity index (χ4n) is 2.25. The van der Waals surface area contributed by atoms with Crippen LogP contribution in [-0.4, -0.2) is 43.0 Å². The number of hydrogen-bond acceptors (Lipinski definition) is 3. The van der Waals surface area contributed by atoms with Crippen molar-refractivity contribution in [3.63, 3.8) is 0 Å². The number of anilines is 1. The number of halogens is 2. The Hall–Kier alpha value is -0.980. The molecule has 6 heteroatoms. The summed E-state index contributed by atoms with van der Waals surface area (Å²) in [6.45, 7) is 7.21. The summed E-state index contributed by atoms with van der Waals surface area (Å²) in [4.78, 5) is 14.4. The van der Waals surface area contributed by atoms with E-state index in [2.05, 4.69) is 31.5 Å². The van der Waals surface area contributed by atoms with E-state index in [-0.39, 0.29) is 17.8 Å². The number of aryl methyl sites for hydroxylation is 1. The van der Waals surface area contributed by atoms with Crippen molar-refractivity contribution in [2.45, 2.75) is 19.9 Å². The van der Waals surface area contributed by atoms with Crippen LogP contribution in [0.2, 0.25) is 0 Å². The molecule has 1 fully saturated rings. The van der Waals surface area contributed by atoms with Gasteiger partial charge in [0.15, 0.2) is 0 Å². The summed E-state index contributed by atoms with van der Waals surface area (Å²) in [6, 6.07) is 2.80. The third kappa shape index (κ3) is 3.56. The standard InChI is InChI=1S/C14H19BrFN3O/c1-9-7-11(15)12(16)8-13(9)18-14(20)10(2)19-5-3-17-4-6-19/h7-8,10,17H,3-6H2,1-2H3,(H,18,20). The fourth-order valence-corrected chi connectivity index (χ4v) is 2.71. The summed E-state index contributed by atoms with van der Waals surface area (Å²) in [5.41, 5.74) is 1.36. The van der Waals surface area contributed by atoms with E-state index in [0.717, 1.165) is 31.7 Å². The van der Waals surface area contributed by atoms with E-state index in [1.807, 2.05) is 13.8 Å². The molecule has 1 atom stereocenters. The molecule has 1 aromatic carbocycles. The van der Waals surface area contributed by atoms with Crippen LogP contribution in [0.5, 0.6) is 0 Å². The first kappa shape index (κ1) is 15.4. The number of nitrogens with one attached hydrogen (secondary N) is 2. The second kappa shape index (κ2) is 6.65. The number of carbonyl (C=O) groups is 1. The largest absolute Gasteiger partial charge is 0.324 e. The molecule has 20 heavy (non-hydrogen) atoms. The third-order valence-corrected chi connectivity index (χ3v) is 4.21. The molecule has 1 unspecified atom stereocenters. The molecule has 1 aliphatic rings. The Labute approximate surface area is 126 Å². The van der Waals surface area contributed by atoms with Crippen LogP contribution in [0.25, 0.3) is 0 Å². The van der Waals surface area contributed by atoms with Crippen molar-refractivity contribution >= 4 is 27.5 Å². The van der Waals surface area contributed by atoms with Gasteiger partial charge in [-0.25, -0.2) is 4.39 Å². The molecule has 1 saturated heterocycles. The van der Waals surface area contributed by atoms with E-state index in [9.17, 15) is 9.18 Å². The lowest BCUT2D eigenvalue weighted by atomic mass is 10.1. The molecule has 2 N–H and O–H groups in total. The SMILES string of the molecule is Cc1cc(Br)c(F)cc1NC(=O)C(C)N1CCNCC1. The van der Waals surface area contributed by atoms with Crippen molar-refractivity contribution < 1.29 is 9.18 Å². The molecule has 1 aliphatic heterocycles. The second-order valence-corrected chi connectivity index (χ2v) is 5.89. The molecular formula is C14H19BrFN3O. The minimum absolute atomic E-state index is 0.100. The molecule has 4 nitrogen and oxygen atoms in total. The highest BCUT2D eigenvalue weighted by molar-refractivity contribution is 9.10. The number of amides is 1. The molecular weight excluding hydrogens is 325 g/mol. The highest BCUT2D eigenvalue weighted by Crippen LogP contribution is 2.24. The van der Waals surface area contributed by atoms with Crippen LogP contribution >= 0.6 is 15.9 Å². The molecule has 110 valence electrons. The lowest BCUT2D eigenvalue weighted by Gasteiger charge is -2.31. The topological polar surface area (TPSA) is 44.4 Å². The first-order valence-electron chi connectivity index (χ1n) is 6.70. The van der Waals surface area contributed by atoms with Gasteiger partial charge in [0, 0.05) is 31.9 Å². The van der Waals surface area contributed by atoms with Gasteiger partial charge in [0.05, 0.1) is 10.5 Å². The summed E-state index contributed by atoms with van der Waals surface area (Å²) in [6.07, 6.45) is 0. The van der Waals surface area contributed by atoms with Gasteiger partial charge < -0.3 is 10.6 Å². The Morgan fingerprint density at radius 2 is 2.10 bits per heavy atom. The number of piperazine rings is 1. The van der Waals surface area contributed by atoms with E-state index in [0.29, 0.717) is 10.2 Å². The molecule has 0 saturated carbocycles. The van der Waals surface area contributed by atoms with Crippen LogP contribution in [0.4, 0.5) is 10.1 Å². The molecule has 0 aromatic heterocycles. The Morgan fingerprint density at radius 3 is 2.75 bits per heavy atom. The zero-order valence-electron chi connectivity index (χ0n) is 11.7. The molecule has 0 bridgehead atoms. The smallest absolute Gasteiger partial charge is 0.241 e. The molecule has 1 heterocycles. The van der Waals surface area contributed by atoms with Gasteiger partial charge in [-0.15, -0.1) is 0 Å². The van der Waals surface area contributed by atoms with E-state index < -0.39 is 0 Å². The van der Waals surface area contributed by atoms with Crippen LogP contribution < -0.4 is 10.6 Å². The van der Waals surface area contributed by atoms with Crippen molar-refractivity contribution in [2.75, 3.05) is 31.5 Å². The van der Waals surface area contributed by atoms with Crippen LogP contribution in [0, 0.1) is 12.7 Å². The van der Waals surface area contributed by atoms with Gasteiger partial charge in [0.25, 0.3) is 0 Å². The zero-order chi connectivity index (χ0) is 14.7. The van der Waals surface area contributed by atoms with Gasteiger partial charge in [0.1, 0.15) is 5.82 Å². The van der Waals surface area contributed by atoms with Gasteiger partial charge in [-0.1, -0.05) is 0 Å². The predicted molar refractivity (Wildman–Crippen MR) is 81.4 cm³/mol. The van der Waals surface area contributed by atoms with Crippen molar-refractivity contribution in [3.8, 4) is 0 Å². The van der Waals surface area contributed by atoms with Crippen molar-refractivity contribution in [3.05, 3.63) is 28.0 Å². The average Bonchev–Trinajstić information content (AvgIpc) is 2.44. The summed E-state index contributed by atoms with van der Waals surface area (Å²) in [5, 5.41) is 6.07. The Balaban J connectivity index is 2.05. The van der Waals surface area contributed by atoms with E-state index in [1.165, 1.54) is 6.07 Å². The summed E-state index contributed by atoms with van der Waals surface area (Å²) < 4.78 is 14.0. The van der Waals surface area contributed by atoms with Gasteiger partial charge in [-0.05, 0) is 47.5 Å². The lowest BCUT2D eigenvalue weighted by Crippen LogP contribution is -2.51. The second-order valence-electron chi connectivity index (χ2n) is 5.03. The Kier molecular flexibility index (Phi) is 5.12. The van der Waals surface area contributed by atoms with Gasteiger partial charge in [-0.3, -0.25) is 9.69 Å². The number of benzene rings is 1. The monoisotopic (exact) mass is 343 g/mol. The van der Waals surface area contributed by atoms with E-state index in [1.54, 1.807) is 6.07 Å². The van der Waals surface area contributed by atoms with Crippen molar-refractivity contribution in [2.24, 2.45) is 0 Å². The summed E-state index contributed by atoms with van der Waals surface area (Å²) in [7, 11) is 0. The van der Waals surface area contributed by atoms with E-state index in [4.69, 9.17) is 0 Å². The van der Waals surface area contributed by atoms with E-state index >= 15 is 0 Å². The number of rotatable bonds is 3. The van der Waals surface area contributed by atoms with Gasteiger partial charge in [0.2, 0.25) is 5.91 Å². The van der Waals surface area contributed by atoms with Gasteiger partial charge >= 0.3 is 0 Å². The maximum Gasteiger partial charge on any atom is 0.241 e. The first-order valence-corrected chi connectivity index (χ1v) is 7.49. The maximum absolute atomic E-state index is 13.5. The number of carbonyl (C=O) groups excluding carboxylic acids is 1. The summed E-state index contributed by atoms with van der Waals surface area (Å²) in [5.74, 6) is -0.475. The van der Waals surface area contributed by atoms with Crippen LogP contribution in [-0.2, 0) is 4.79 Å². The Bertz CT molecular complexity index is 503. The lowest BCUT2D eigenvalue weighted by molar-refractivity contribution is -0.120. The maximum atomic E-state index is 13.5. The highest BCUT2D eigenvalue weighted by Gasteiger charge is 2.23. The predicted octanol–water partition coefficient (Wildman–Crippen LogP) is 2.13. The minimum atomic E-state index is -0.374. The van der Waals surface area contributed by atoms with Crippen LogP contribution in [0.1, 0.15) is 12.5 Å². The normalized spacial score (nSPS) is 17.8. The molecule has 1 amide bonds. The minimum Gasteiger partial charge on any atom is -0.324 e. The van der Waals surface area contributed by atoms with Gasteiger partial charge in [-0.2, -0.15) is 0 Å². The molecule has 0 radical (unpaired) electrons. The molecule has 1 aromatic rings. The number of nitrogens with zero attached hydrogens (tertiary/aromatic N) is 1. The zero-order valence-corrected chi connectivity index (χ0v) is 13.3. The van der Waals surface area contributed by atoms with Crippen LogP contribution in [0.3, 0.4) is 0 Å². The molecule has 0 aliphatic carbocycles. The highest BCUT2D eigenvalue weighted by atomic mass is 79.9. The third-order valence-electron chi connectivity index (χ3n) is 3.60. The van der Waals surface area contributed by atoms with Crippen molar-refractivity contribution in [1.29, 1.82) is 0 Å². The van der Waals surface area contributed by atoms with Crippen LogP contribution in [0.15, 0.2) is 16.6 Å². The summed E-state index contributed by atoms with van der Waals surface area (Å²) >= 11 is 3.14. The Morgan fingerprint density at radius 1 is 1.45 bits per heavy atom. The molecule has 0 spiro atoms. The first-order chi connectivity index (χ1) is 9.49. The average molecular weight is 344 g/mol. The quantitative estimate of drug-likeness (QED) is 0.883. The fraction of sp³-hybridized carbons (Fsp3) is 0.500. The number of hydrogen-bond donors (Lipinski definition) is 2.